The number of ether oxygens (including phenoxy) is 1. The standard InChI is InChI=1S/C11H12FN5O/c1-13-10-8(12)6-15-11(17-10)16-7-3-4-9(18-2)14-5-7/h3-6H,1-2H3,(H2,13,15,16,17). The van der Waals surface area contributed by atoms with E-state index in [0.29, 0.717) is 11.6 Å². The molecule has 0 fully saturated rings. The smallest absolute Gasteiger partial charge is 0.229 e. The predicted octanol–water partition coefficient (Wildman–Crippen LogP) is 1.80. The van der Waals surface area contributed by atoms with Crippen molar-refractivity contribution in [3.63, 3.8) is 0 Å². The minimum atomic E-state index is -0.504. The van der Waals surface area contributed by atoms with Gasteiger partial charge in [0.1, 0.15) is 0 Å². The molecule has 2 N–H and O–H groups in total. The first-order valence-corrected chi connectivity index (χ1v) is 5.20. The summed E-state index contributed by atoms with van der Waals surface area (Å²) >= 11 is 0. The second kappa shape index (κ2) is 5.26. The average molecular weight is 249 g/mol. The van der Waals surface area contributed by atoms with Gasteiger partial charge in [0.05, 0.1) is 25.2 Å². The molecular weight excluding hydrogens is 237 g/mol. The van der Waals surface area contributed by atoms with Crippen LogP contribution in [0.2, 0.25) is 0 Å². The van der Waals surface area contributed by atoms with E-state index in [1.165, 1.54) is 7.11 Å². The fourth-order valence-electron chi connectivity index (χ4n) is 1.31. The van der Waals surface area contributed by atoms with Crippen molar-refractivity contribution in [3.05, 3.63) is 30.3 Å². The Labute approximate surface area is 103 Å². The number of hydrogen-bond donors (Lipinski definition) is 2. The maximum absolute atomic E-state index is 13.2. The van der Waals surface area contributed by atoms with Crippen molar-refractivity contribution in [3.8, 4) is 5.88 Å². The average Bonchev–Trinajstić information content (AvgIpc) is 2.42. The molecule has 94 valence electrons. The molecule has 0 bridgehead atoms. The number of hydrogen-bond acceptors (Lipinski definition) is 6. The van der Waals surface area contributed by atoms with Crippen LogP contribution in [0.4, 0.5) is 21.8 Å². The van der Waals surface area contributed by atoms with E-state index in [0.717, 1.165) is 6.20 Å². The lowest BCUT2D eigenvalue weighted by Crippen LogP contribution is -2.03. The Kier molecular flexibility index (Phi) is 3.52. The predicted molar refractivity (Wildman–Crippen MR) is 65.6 cm³/mol. The largest absolute Gasteiger partial charge is 0.481 e. The molecule has 0 spiro atoms. The van der Waals surface area contributed by atoms with Crippen LogP contribution in [-0.4, -0.2) is 29.1 Å². The van der Waals surface area contributed by atoms with Crippen molar-refractivity contribution < 1.29 is 9.13 Å². The summed E-state index contributed by atoms with van der Waals surface area (Å²) in [5.41, 5.74) is 0.685. The van der Waals surface area contributed by atoms with Gasteiger partial charge in [-0.2, -0.15) is 4.98 Å². The summed E-state index contributed by atoms with van der Waals surface area (Å²) in [5, 5.41) is 5.55. The van der Waals surface area contributed by atoms with Gasteiger partial charge in [0.15, 0.2) is 11.6 Å². The Balaban J connectivity index is 2.17. The minimum absolute atomic E-state index is 0.133. The van der Waals surface area contributed by atoms with Gasteiger partial charge in [0.25, 0.3) is 0 Å². The van der Waals surface area contributed by atoms with Crippen LogP contribution < -0.4 is 15.4 Å². The lowest BCUT2D eigenvalue weighted by atomic mass is 10.4. The highest BCUT2D eigenvalue weighted by molar-refractivity contribution is 5.54. The van der Waals surface area contributed by atoms with E-state index >= 15 is 0 Å². The molecule has 0 atom stereocenters. The fourth-order valence-corrected chi connectivity index (χ4v) is 1.31. The summed E-state index contributed by atoms with van der Waals surface area (Å²) in [4.78, 5) is 11.8. The number of anilines is 3. The van der Waals surface area contributed by atoms with Crippen LogP contribution in [0.1, 0.15) is 0 Å². The molecule has 7 heteroatoms. The molecule has 0 amide bonds. The van der Waals surface area contributed by atoms with E-state index in [2.05, 4.69) is 25.6 Å². The number of methoxy groups -OCH3 is 1. The Morgan fingerprint density at radius 1 is 1.22 bits per heavy atom. The molecule has 6 nitrogen and oxygen atoms in total. The zero-order chi connectivity index (χ0) is 13.0. The molecule has 18 heavy (non-hydrogen) atoms. The second-order valence-electron chi connectivity index (χ2n) is 3.35. The first-order chi connectivity index (χ1) is 8.72. The highest BCUT2D eigenvalue weighted by Crippen LogP contribution is 2.17. The third kappa shape index (κ3) is 2.62. The van der Waals surface area contributed by atoms with Crippen LogP contribution in [0.5, 0.6) is 5.88 Å². The summed E-state index contributed by atoms with van der Waals surface area (Å²) in [5.74, 6) is 0.425. The van der Waals surface area contributed by atoms with Crippen LogP contribution >= 0.6 is 0 Å². The molecule has 0 saturated carbocycles. The monoisotopic (exact) mass is 249 g/mol. The Morgan fingerprint density at radius 2 is 2.06 bits per heavy atom. The van der Waals surface area contributed by atoms with Gasteiger partial charge >= 0.3 is 0 Å². The number of pyridine rings is 1. The lowest BCUT2D eigenvalue weighted by Gasteiger charge is -2.07. The summed E-state index contributed by atoms with van der Waals surface area (Å²) in [6, 6.07) is 3.46. The quantitative estimate of drug-likeness (QED) is 0.861. The van der Waals surface area contributed by atoms with Crippen molar-refractivity contribution in [2.45, 2.75) is 0 Å². The maximum Gasteiger partial charge on any atom is 0.229 e. The number of halogens is 1. The van der Waals surface area contributed by atoms with Gasteiger partial charge in [-0.25, -0.2) is 14.4 Å². The molecule has 0 saturated heterocycles. The first kappa shape index (κ1) is 12.0. The second-order valence-corrected chi connectivity index (χ2v) is 3.35. The minimum Gasteiger partial charge on any atom is -0.481 e. The van der Waals surface area contributed by atoms with Crippen LogP contribution in [0, 0.1) is 5.82 Å². The molecule has 0 unspecified atom stereocenters. The van der Waals surface area contributed by atoms with Crippen molar-refractivity contribution in [2.75, 3.05) is 24.8 Å². The van der Waals surface area contributed by atoms with E-state index in [-0.39, 0.29) is 11.8 Å². The highest BCUT2D eigenvalue weighted by Gasteiger charge is 2.05. The molecule has 2 heterocycles. The molecule has 0 aliphatic rings. The van der Waals surface area contributed by atoms with Crippen LogP contribution in [0.15, 0.2) is 24.5 Å². The van der Waals surface area contributed by atoms with E-state index < -0.39 is 5.82 Å². The van der Waals surface area contributed by atoms with Gasteiger partial charge in [-0.3, -0.25) is 0 Å². The van der Waals surface area contributed by atoms with Gasteiger partial charge in [0, 0.05) is 13.1 Å². The third-order valence-electron chi connectivity index (χ3n) is 2.18. The normalized spacial score (nSPS) is 9.94. The molecule has 0 radical (unpaired) electrons. The summed E-state index contributed by atoms with van der Waals surface area (Å²) in [6.45, 7) is 0. The van der Waals surface area contributed by atoms with Crippen LogP contribution in [-0.2, 0) is 0 Å². The number of nitrogens with zero attached hydrogens (tertiary/aromatic N) is 3. The van der Waals surface area contributed by atoms with Crippen molar-refractivity contribution >= 4 is 17.5 Å². The van der Waals surface area contributed by atoms with E-state index in [4.69, 9.17) is 4.74 Å². The van der Waals surface area contributed by atoms with Gasteiger partial charge in [0.2, 0.25) is 11.8 Å². The van der Waals surface area contributed by atoms with E-state index in [1.54, 1.807) is 25.4 Å². The van der Waals surface area contributed by atoms with Gasteiger partial charge in [-0.1, -0.05) is 0 Å². The first-order valence-electron chi connectivity index (χ1n) is 5.20. The van der Waals surface area contributed by atoms with E-state index in [9.17, 15) is 4.39 Å². The zero-order valence-corrected chi connectivity index (χ0v) is 9.94. The molecule has 0 aliphatic heterocycles. The van der Waals surface area contributed by atoms with Gasteiger partial charge < -0.3 is 15.4 Å². The molecule has 2 aromatic heterocycles. The highest BCUT2D eigenvalue weighted by atomic mass is 19.1. The lowest BCUT2D eigenvalue weighted by molar-refractivity contribution is 0.398. The summed E-state index contributed by atoms with van der Waals surface area (Å²) < 4.78 is 18.1. The molecule has 0 aliphatic carbocycles. The molecule has 2 aromatic rings. The topological polar surface area (TPSA) is 72.0 Å². The SMILES string of the molecule is CNc1nc(Nc2ccc(OC)nc2)ncc1F. The number of nitrogens with one attached hydrogen (secondary N) is 2. The Hall–Kier alpha value is -2.44. The van der Waals surface area contributed by atoms with Crippen molar-refractivity contribution in [1.82, 2.24) is 15.0 Å². The fraction of sp³-hybridized carbons (Fsp3) is 0.182. The van der Waals surface area contributed by atoms with Crippen molar-refractivity contribution in [1.29, 1.82) is 0 Å². The van der Waals surface area contributed by atoms with Gasteiger partial charge in [-0.05, 0) is 6.07 Å². The maximum atomic E-state index is 13.2. The van der Waals surface area contributed by atoms with E-state index in [1.807, 2.05) is 0 Å². The molecule has 2 rings (SSSR count). The Morgan fingerprint density at radius 3 is 2.67 bits per heavy atom. The summed E-state index contributed by atoms with van der Waals surface area (Å²) in [6.07, 6.45) is 2.67. The van der Waals surface area contributed by atoms with Crippen molar-refractivity contribution in [2.24, 2.45) is 0 Å². The van der Waals surface area contributed by atoms with Gasteiger partial charge in [-0.15, -0.1) is 0 Å². The summed E-state index contributed by atoms with van der Waals surface area (Å²) in [7, 11) is 3.13. The molecular formula is C11H12FN5O. The molecule has 0 aromatic carbocycles. The van der Waals surface area contributed by atoms with Crippen LogP contribution in [0.25, 0.3) is 0 Å². The Bertz CT molecular complexity index is 531. The number of aromatic nitrogens is 3. The zero-order valence-electron chi connectivity index (χ0n) is 9.94. The third-order valence-corrected chi connectivity index (χ3v) is 2.18. The van der Waals surface area contributed by atoms with Crippen LogP contribution in [0.3, 0.4) is 0 Å². The number of rotatable bonds is 4.